The summed E-state index contributed by atoms with van der Waals surface area (Å²) in [6.07, 6.45) is -5.13. The summed E-state index contributed by atoms with van der Waals surface area (Å²) in [6, 6.07) is 7.89. The van der Waals surface area contributed by atoms with Crippen LogP contribution in [0.1, 0.15) is 16.8 Å². The molecule has 3 aliphatic rings. The zero-order valence-electron chi connectivity index (χ0n) is 16.1. The molecule has 2 bridgehead atoms. The average molecular weight is 477 g/mol. The molecule has 1 saturated heterocycles. The summed E-state index contributed by atoms with van der Waals surface area (Å²) < 4.78 is 87.0. The molecule has 0 spiro atoms. The highest BCUT2D eigenvalue weighted by Gasteiger charge is 2.70. The van der Waals surface area contributed by atoms with Crippen molar-refractivity contribution in [2.45, 2.75) is 30.1 Å². The topological polar surface area (TPSA) is 136 Å². The third kappa shape index (κ3) is 3.52. The molecule has 1 aromatic rings. The average Bonchev–Trinajstić information content (AvgIpc) is 3.35. The van der Waals surface area contributed by atoms with Gasteiger partial charge in [0.25, 0.3) is 0 Å². The number of carbonyl (C=O) groups excluding carboxylic acids is 3. The first kappa shape index (κ1) is 22.5. The van der Waals surface area contributed by atoms with E-state index in [1.807, 2.05) is 0 Å². The lowest BCUT2D eigenvalue weighted by Gasteiger charge is -2.30. The van der Waals surface area contributed by atoms with Crippen molar-refractivity contribution >= 4 is 28.0 Å². The lowest BCUT2D eigenvalue weighted by molar-refractivity contribution is -0.160. The smallest absolute Gasteiger partial charge is 0.368 e. The molecular formula is C19H16F3O9S-. The van der Waals surface area contributed by atoms with Crippen molar-refractivity contribution in [2.24, 2.45) is 23.7 Å². The number of esters is 3. The summed E-state index contributed by atoms with van der Waals surface area (Å²) in [4.78, 5) is 37.2. The van der Waals surface area contributed by atoms with E-state index in [9.17, 15) is 40.5 Å². The van der Waals surface area contributed by atoms with Gasteiger partial charge in [-0.3, -0.25) is 9.59 Å². The van der Waals surface area contributed by atoms with Crippen LogP contribution in [-0.2, 0) is 33.9 Å². The van der Waals surface area contributed by atoms with Crippen molar-refractivity contribution in [3.8, 4) is 0 Å². The van der Waals surface area contributed by atoms with Crippen LogP contribution in [0, 0.1) is 23.7 Å². The van der Waals surface area contributed by atoms with E-state index in [1.165, 1.54) is 12.1 Å². The Balaban J connectivity index is 1.48. The highest BCUT2D eigenvalue weighted by atomic mass is 32.2. The molecule has 174 valence electrons. The van der Waals surface area contributed by atoms with Gasteiger partial charge in [0.1, 0.15) is 18.8 Å². The highest BCUT2D eigenvalue weighted by Crippen LogP contribution is 2.59. The van der Waals surface area contributed by atoms with E-state index in [4.69, 9.17) is 9.47 Å². The summed E-state index contributed by atoms with van der Waals surface area (Å²) in [5.74, 6) is -6.20. The number of fused-ring (bicyclic) bond motifs is 1. The maximum atomic E-state index is 13.6. The van der Waals surface area contributed by atoms with Gasteiger partial charge in [-0.15, -0.1) is 0 Å². The van der Waals surface area contributed by atoms with Gasteiger partial charge in [0.05, 0.1) is 17.4 Å². The molecule has 0 N–H and O–H groups in total. The fourth-order valence-electron chi connectivity index (χ4n) is 4.74. The van der Waals surface area contributed by atoms with Gasteiger partial charge in [-0.2, -0.15) is 8.78 Å². The molecule has 3 fully saturated rings. The number of carbonyl (C=O) groups is 3. The van der Waals surface area contributed by atoms with Crippen LogP contribution >= 0.6 is 0 Å². The molecular weight excluding hydrogens is 461 g/mol. The largest absolute Gasteiger partial charge is 0.743 e. The fraction of sp³-hybridized carbons (Fsp3) is 0.526. The lowest BCUT2D eigenvalue weighted by atomic mass is 9.78. The van der Waals surface area contributed by atoms with Gasteiger partial charge in [0.15, 0.2) is 10.1 Å². The van der Waals surface area contributed by atoms with E-state index in [0.29, 0.717) is 0 Å². The van der Waals surface area contributed by atoms with Crippen LogP contribution < -0.4 is 0 Å². The van der Waals surface area contributed by atoms with Gasteiger partial charge >= 0.3 is 23.2 Å². The van der Waals surface area contributed by atoms with Gasteiger partial charge < -0.3 is 18.8 Å². The second-order valence-electron chi connectivity index (χ2n) is 7.87. The van der Waals surface area contributed by atoms with Crippen molar-refractivity contribution in [2.75, 3.05) is 6.61 Å². The maximum absolute atomic E-state index is 13.6. The number of hydrogen-bond donors (Lipinski definition) is 0. The van der Waals surface area contributed by atoms with E-state index in [-0.39, 0.29) is 12.0 Å². The number of rotatable bonds is 7. The Morgan fingerprint density at radius 2 is 1.88 bits per heavy atom. The number of hydrogen-bond acceptors (Lipinski definition) is 9. The highest BCUT2D eigenvalue weighted by molar-refractivity contribution is 7.86. The number of benzene rings is 1. The Kier molecular flexibility index (Phi) is 5.44. The van der Waals surface area contributed by atoms with Crippen LogP contribution in [0.25, 0.3) is 0 Å². The van der Waals surface area contributed by atoms with Crippen molar-refractivity contribution in [3.63, 3.8) is 0 Å². The number of halogens is 3. The Morgan fingerprint density at radius 1 is 1.22 bits per heavy atom. The predicted octanol–water partition coefficient (Wildman–Crippen LogP) is 1.04. The van der Waals surface area contributed by atoms with Gasteiger partial charge in [-0.05, 0) is 18.6 Å². The zero-order valence-corrected chi connectivity index (χ0v) is 16.9. The standard InChI is InChI=1S/C19H17F3O9S/c20-11(19(21,22)32(26,27)28)7-29-17(24)12-9-6-10-13(12)18(25)31-15(10)14(9)30-16(23)8-4-2-1-3-5-8/h1-5,9-15H,6-7H2,(H,26,27,28)/p-1. The number of ether oxygens (including phenoxy) is 3. The third-order valence-corrected chi connectivity index (χ3v) is 7.06. The summed E-state index contributed by atoms with van der Waals surface area (Å²) in [7, 11) is -6.32. The minimum atomic E-state index is -6.32. The normalized spacial score (nSPS) is 31.8. The van der Waals surface area contributed by atoms with E-state index in [1.54, 1.807) is 18.2 Å². The van der Waals surface area contributed by atoms with E-state index in [0.717, 1.165) is 0 Å². The van der Waals surface area contributed by atoms with Crippen molar-refractivity contribution in [3.05, 3.63) is 35.9 Å². The summed E-state index contributed by atoms with van der Waals surface area (Å²) in [6.45, 7) is -1.71. The Labute approximate surface area is 179 Å². The maximum Gasteiger partial charge on any atom is 0.368 e. The molecule has 2 aliphatic carbocycles. The minimum absolute atomic E-state index is 0.219. The second kappa shape index (κ2) is 7.73. The van der Waals surface area contributed by atoms with Crippen LogP contribution in [0.2, 0.25) is 0 Å². The molecule has 1 aliphatic heterocycles. The molecule has 32 heavy (non-hydrogen) atoms. The van der Waals surface area contributed by atoms with Crippen molar-refractivity contribution in [1.29, 1.82) is 0 Å². The van der Waals surface area contributed by atoms with Crippen molar-refractivity contribution in [1.82, 2.24) is 0 Å². The molecule has 7 atom stereocenters. The summed E-state index contributed by atoms with van der Waals surface area (Å²) >= 11 is 0. The molecule has 13 heteroatoms. The van der Waals surface area contributed by atoms with Gasteiger partial charge in [-0.25, -0.2) is 17.6 Å². The summed E-state index contributed by atoms with van der Waals surface area (Å²) in [5.41, 5.74) is 0.219. The van der Waals surface area contributed by atoms with Crippen LogP contribution in [-0.4, -0.2) is 61.1 Å². The monoisotopic (exact) mass is 477 g/mol. The van der Waals surface area contributed by atoms with Gasteiger partial charge in [0.2, 0.25) is 6.17 Å². The molecule has 9 nitrogen and oxygen atoms in total. The molecule has 0 aromatic heterocycles. The SMILES string of the molecule is O=C(OC1C2CC3C1OC(=O)C3C2C(=O)OCC(F)C(F)(F)S(=O)(=O)[O-])c1ccccc1. The Morgan fingerprint density at radius 3 is 2.50 bits per heavy atom. The van der Waals surface area contributed by atoms with Crippen LogP contribution in [0.3, 0.4) is 0 Å². The Bertz CT molecular complexity index is 1050. The quantitative estimate of drug-likeness (QED) is 0.320. The second-order valence-corrected chi connectivity index (χ2v) is 9.32. The zero-order chi connectivity index (χ0) is 23.4. The lowest BCUT2D eigenvalue weighted by Crippen LogP contribution is -2.45. The first-order chi connectivity index (χ1) is 14.9. The first-order valence-corrected chi connectivity index (χ1v) is 10.9. The van der Waals surface area contributed by atoms with Crippen LogP contribution in [0.15, 0.2) is 30.3 Å². The number of alkyl halides is 3. The summed E-state index contributed by atoms with van der Waals surface area (Å²) in [5, 5.41) is -5.30. The molecule has 0 amide bonds. The fourth-order valence-corrected chi connectivity index (χ4v) is 5.12. The van der Waals surface area contributed by atoms with Gasteiger partial charge in [0, 0.05) is 11.8 Å². The molecule has 4 rings (SSSR count). The molecule has 1 aromatic carbocycles. The molecule has 1 heterocycles. The third-order valence-electron chi connectivity index (χ3n) is 6.14. The molecule has 2 saturated carbocycles. The molecule has 0 radical (unpaired) electrons. The predicted molar refractivity (Wildman–Crippen MR) is 94.6 cm³/mol. The first-order valence-electron chi connectivity index (χ1n) is 9.54. The van der Waals surface area contributed by atoms with Gasteiger partial charge in [-0.1, -0.05) is 18.2 Å². The molecule has 7 unspecified atom stereocenters. The minimum Gasteiger partial charge on any atom is -0.743 e. The van der Waals surface area contributed by atoms with Crippen molar-refractivity contribution < 1.29 is 54.7 Å². The Hall–Kier alpha value is -2.67. The van der Waals surface area contributed by atoms with Crippen LogP contribution in [0.4, 0.5) is 13.2 Å². The van der Waals surface area contributed by atoms with E-state index >= 15 is 0 Å². The van der Waals surface area contributed by atoms with E-state index in [2.05, 4.69) is 4.74 Å². The van der Waals surface area contributed by atoms with Crippen LogP contribution in [0.5, 0.6) is 0 Å². The van der Waals surface area contributed by atoms with E-state index < -0.39 is 81.9 Å².